The van der Waals surface area contributed by atoms with Gasteiger partial charge in [-0.05, 0) is 28.4 Å². The molecule has 0 aliphatic heterocycles. The van der Waals surface area contributed by atoms with Crippen LogP contribution in [-0.4, -0.2) is 19.2 Å². The number of nitrogens with two attached hydrogens (primary N) is 1. The monoisotopic (exact) mass is 338 g/mol. The molecule has 0 radical (unpaired) electrons. The molecule has 0 saturated heterocycles. The van der Waals surface area contributed by atoms with Gasteiger partial charge in [0.1, 0.15) is 17.2 Å². The van der Waals surface area contributed by atoms with Crippen molar-refractivity contribution in [2.24, 2.45) is 0 Å². The first-order valence-corrected chi connectivity index (χ1v) is 6.66. The van der Waals surface area contributed by atoms with Gasteiger partial charge >= 0.3 is 0 Å². The van der Waals surface area contributed by atoms with E-state index in [-0.39, 0.29) is 0 Å². The standard InChI is InChI=1S/C14H15BrN2O3/c1-8-12(16)7-17-14(13(8)15)20-11-5-9(18-2)4-10(6-11)19-3/h4-7H,16H2,1-3H3. The second kappa shape index (κ2) is 6.00. The lowest BCUT2D eigenvalue weighted by Crippen LogP contribution is -1.97. The van der Waals surface area contributed by atoms with Gasteiger partial charge in [-0.3, -0.25) is 0 Å². The average Bonchev–Trinajstić information content (AvgIpc) is 2.47. The third-order valence-corrected chi connectivity index (χ3v) is 3.74. The van der Waals surface area contributed by atoms with E-state index in [0.717, 1.165) is 10.0 Å². The van der Waals surface area contributed by atoms with Gasteiger partial charge in [-0.2, -0.15) is 0 Å². The molecule has 0 spiro atoms. The molecule has 5 nitrogen and oxygen atoms in total. The molecule has 1 aromatic carbocycles. The van der Waals surface area contributed by atoms with Gasteiger partial charge in [0, 0.05) is 18.2 Å². The number of hydrogen-bond acceptors (Lipinski definition) is 5. The van der Waals surface area contributed by atoms with Crippen molar-refractivity contribution in [3.63, 3.8) is 0 Å². The highest BCUT2D eigenvalue weighted by Crippen LogP contribution is 2.35. The van der Waals surface area contributed by atoms with E-state index in [1.54, 1.807) is 38.6 Å². The highest BCUT2D eigenvalue weighted by atomic mass is 79.9. The van der Waals surface area contributed by atoms with E-state index >= 15 is 0 Å². The Bertz CT molecular complexity index is 610. The van der Waals surface area contributed by atoms with Crippen LogP contribution in [0.1, 0.15) is 5.56 Å². The van der Waals surface area contributed by atoms with Crippen LogP contribution in [0.2, 0.25) is 0 Å². The summed E-state index contributed by atoms with van der Waals surface area (Å²) in [4.78, 5) is 4.17. The summed E-state index contributed by atoms with van der Waals surface area (Å²) in [6.07, 6.45) is 1.56. The van der Waals surface area contributed by atoms with Crippen LogP contribution in [-0.2, 0) is 0 Å². The van der Waals surface area contributed by atoms with E-state index in [9.17, 15) is 0 Å². The molecule has 1 heterocycles. The zero-order valence-corrected chi connectivity index (χ0v) is 13.0. The van der Waals surface area contributed by atoms with Crippen LogP contribution in [0.3, 0.4) is 0 Å². The molecule has 0 bridgehead atoms. The van der Waals surface area contributed by atoms with E-state index in [1.807, 2.05) is 6.92 Å². The van der Waals surface area contributed by atoms with Crippen molar-refractivity contribution < 1.29 is 14.2 Å². The number of methoxy groups -OCH3 is 2. The first-order chi connectivity index (χ1) is 9.55. The van der Waals surface area contributed by atoms with Gasteiger partial charge < -0.3 is 19.9 Å². The molecule has 0 aliphatic rings. The summed E-state index contributed by atoms with van der Waals surface area (Å²) in [5.74, 6) is 2.29. The molecular weight excluding hydrogens is 324 g/mol. The summed E-state index contributed by atoms with van der Waals surface area (Å²) in [5, 5.41) is 0. The number of benzene rings is 1. The third-order valence-electron chi connectivity index (χ3n) is 2.81. The van der Waals surface area contributed by atoms with Gasteiger partial charge in [-0.15, -0.1) is 0 Å². The minimum Gasteiger partial charge on any atom is -0.496 e. The Balaban J connectivity index is 2.37. The first kappa shape index (κ1) is 14.5. The van der Waals surface area contributed by atoms with E-state index < -0.39 is 0 Å². The van der Waals surface area contributed by atoms with Crippen molar-refractivity contribution >= 4 is 21.6 Å². The van der Waals surface area contributed by atoms with Gasteiger partial charge in [0.15, 0.2) is 0 Å². The summed E-state index contributed by atoms with van der Waals surface area (Å²) in [6.45, 7) is 1.89. The maximum atomic E-state index is 5.79. The van der Waals surface area contributed by atoms with E-state index in [4.69, 9.17) is 19.9 Å². The summed E-state index contributed by atoms with van der Waals surface area (Å²) in [7, 11) is 3.17. The summed E-state index contributed by atoms with van der Waals surface area (Å²) in [6, 6.07) is 5.27. The predicted octanol–water partition coefficient (Wildman–Crippen LogP) is 3.54. The number of anilines is 1. The molecule has 2 N–H and O–H groups in total. The smallest absolute Gasteiger partial charge is 0.234 e. The maximum absolute atomic E-state index is 5.79. The number of aromatic nitrogens is 1. The Hall–Kier alpha value is -1.95. The van der Waals surface area contributed by atoms with Crippen molar-refractivity contribution in [1.82, 2.24) is 4.98 Å². The van der Waals surface area contributed by atoms with E-state index in [1.165, 1.54) is 0 Å². The SMILES string of the molecule is COc1cc(OC)cc(Oc2ncc(N)c(C)c2Br)c1. The molecule has 0 unspecified atom stereocenters. The molecule has 6 heteroatoms. The second-order valence-corrected chi connectivity index (χ2v) is 4.90. The lowest BCUT2D eigenvalue weighted by molar-refractivity contribution is 0.384. The molecule has 0 fully saturated rings. The summed E-state index contributed by atoms with van der Waals surface area (Å²) < 4.78 is 16.9. The fourth-order valence-electron chi connectivity index (χ4n) is 1.59. The molecule has 1 aromatic heterocycles. The molecule has 0 aliphatic carbocycles. The summed E-state index contributed by atoms with van der Waals surface area (Å²) in [5.41, 5.74) is 7.27. The van der Waals surface area contributed by atoms with Crippen molar-refractivity contribution in [3.8, 4) is 23.1 Å². The minimum atomic E-state index is 0.437. The van der Waals surface area contributed by atoms with Crippen LogP contribution >= 0.6 is 15.9 Å². The number of hydrogen-bond donors (Lipinski definition) is 1. The zero-order chi connectivity index (χ0) is 14.7. The van der Waals surface area contributed by atoms with Crippen molar-refractivity contribution in [2.75, 3.05) is 20.0 Å². The number of ether oxygens (including phenoxy) is 3. The fourth-order valence-corrected chi connectivity index (χ4v) is 2.00. The van der Waals surface area contributed by atoms with Crippen LogP contribution in [0, 0.1) is 6.92 Å². The summed E-state index contributed by atoms with van der Waals surface area (Å²) >= 11 is 3.43. The minimum absolute atomic E-state index is 0.437. The Labute approximate surface area is 125 Å². The van der Waals surface area contributed by atoms with Crippen LogP contribution in [0.4, 0.5) is 5.69 Å². The van der Waals surface area contributed by atoms with Crippen molar-refractivity contribution in [3.05, 3.63) is 34.4 Å². The Kier molecular flexibility index (Phi) is 4.34. The molecule has 20 heavy (non-hydrogen) atoms. The topological polar surface area (TPSA) is 66.6 Å². The van der Waals surface area contributed by atoms with E-state index in [0.29, 0.717) is 28.8 Å². The number of nitrogen functional groups attached to an aromatic ring is 1. The Morgan fingerprint density at radius 3 is 2.15 bits per heavy atom. The lowest BCUT2D eigenvalue weighted by Gasteiger charge is -2.12. The van der Waals surface area contributed by atoms with Crippen molar-refractivity contribution in [2.45, 2.75) is 6.92 Å². The van der Waals surface area contributed by atoms with E-state index in [2.05, 4.69) is 20.9 Å². The van der Waals surface area contributed by atoms with Gasteiger partial charge in [-0.25, -0.2) is 4.98 Å². The molecule has 0 amide bonds. The molecule has 0 atom stereocenters. The van der Waals surface area contributed by atoms with Gasteiger partial charge in [0.25, 0.3) is 0 Å². The number of nitrogens with zero attached hydrogens (tertiary/aromatic N) is 1. The first-order valence-electron chi connectivity index (χ1n) is 5.86. The molecular formula is C14H15BrN2O3. The highest BCUT2D eigenvalue weighted by molar-refractivity contribution is 9.10. The average molecular weight is 339 g/mol. The second-order valence-electron chi connectivity index (χ2n) is 4.11. The van der Waals surface area contributed by atoms with Crippen LogP contribution in [0.15, 0.2) is 28.9 Å². The largest absolute Gasteiger partial charge is 0.496 e. The van der Waals surface area contributed by atoms with Gasteiger partial charge in [0.05, 0.1) is 30.6 Å². The molecule has 106 valence electrons. The van der Waals surface area contributed by atoms with Crippen LogP contribution < -0.4 is 19.9 Å². The quantitative estimate of drug-likeness (QED) is 0.923. The van der Waals surface area contributed by atoms with Crippen molar-refractivity contribution in [1.29, 1.82) is 0 Å². The molecule has 2 rings (SSSR count). The maximum Gasteiger partial charge on any atom is 0.234 e. The number of rotatable bonds is 4. The van der Waals surface area contributed by atoms with Crippen LogP contribution in [0.25, 0.3) is 0 Å². The van der Waals surface area contributed by atoms with Gasteiger partial charge in [0.2, 0.25) is 5.88 Å². The number of pyridine rings is 1. The molecule has 2 aromatic rings. The third kappa shape index (κ3) is 2.96. The Morgan fingerprint density at radius 2 is 1.60 bits per heavy atom. The van der Waals surface area contributed by atoms with Crippen LogP contribution in [0.5, 0.6) is 23.1 Å². The highest BCUT2D eigenvalue weighted by Gasteiger charge is 2.11. The van der Waals surface area contributed by atoms with Gasteiger partial charge in [-0.1, -0.05) is 0 Å². The normalized spacial score (nSPS) is 10.2. The Morgan fingerprint density at radius 1 is 1.05 bits per heavy atom. The molecule has 0 saturated carbocycles. The zero-order valence-electron chi connectivity index (χ0n) is 11.4. The fraction of sp³-hybridized carbons (Fsp3) is 0.214. The lowest BCUT2D eigenvalue weighted by atomic mass is 10.2. The predicted molar refractivity (Wildman–Crippen MR) is 80.7 cm³/mol. The number of halogens is 1.